The van der Waals surface area contributed by atoms with Gasteiger partial charge in [0.05, 0.1) is 4.87 Å². The first kappa shape index (κ1) is 19.0. The van der Waals surface area contributed by atoms with E-state index in [1.165, 1.54) is 0 Å². The lowest BCUT2D eigenvalue weighted by Gasteiger charge is -2.29. The fourth-order valence-electron chi connectivity index (χ4n) is 3.59. The average Bonchev–Trinajstić information content (AvgIpc) is 3.31. The molecule has 1 aromatic carbocycles. The smallest absolute Gasteiger partial charge is 0.248 e. The van der Waals surface area contributed by atoms with Crippen molar-refractivity contribution in [3.8, 4) is 11.4 Å². The third-order valence-electron chi connectivity index (χ3n) is 5.23. The van der Waals surface area contributed by atoms with Crippen molar-refractivity contribution >= 4 is 29.3 Å². The van der Waals surface area contributed by atoms with Crippen LogP contribution in [0.2, 0.25) is 0 Å². The van der Waals surface area contributed by atoms with Crippen molar-refractivity contribution in [3.63, 3.8) is 0 Å². The van der Waals surface area contributed by atoms with Gasteiger partial charge in [-0.1, -0.05) is 25.9 Å². The second-order valence-electron chi connectivity index (χ2n) is 8.51. The van der Waals surface area contributed by atoms with Crippen molar-refractivity contribution < 1.29 is 14.1 Å². The van der Waals surface area contributed by atoms with Gasteiger partial charge < -0.3 is 14.7 Å². The number of benzene rings is 1. The SMILES string of the molecule is CC(C)(C)c1nc(-c2ccc(NC(=O)[C@H]3CS[C@@]4(C)CCC(=O)N34)cc2)no1. The third-order valence-corrected chi connectivity index (χ3v) is 6.73. The monoisotopic (exact) mass is 400 g/mol. The van der Waals surface area contributed by atoms with Gasteiger partial charge in [-0.15, -0.1) is 11.8 Å². The Morgan fingerprint density at radius 2 is 2.04 bits per heavy atom. The summed E-state index contributed by atoms with van der Waals surface area (Å²) in [5, 5.41) is 6.97. The fraction of sp³-hybridized carbons (Fsp3) is 0.500. The van der Waals surface area contributed by atoms with E-state index in [1.54, 1.807) is 16.7 Å². The Morgan fingerprint density at radius 3 is 2.68 bits per heavy atom. The summed E-state index contributed by atoms with van der Waals surface area (Å²) in [5.41, 5.74) is 1.29. The van der Waals surface area contributed by atoms with E-state index in [2.05, 4.69) is 15.5 Å². The standard InChI is InChI=1S/C20H24N4O3S/c1-19(2,3)18-22-16(23-27-18)12-5-7-13(8-6-12)21-17(26)14-11-28-20(4)10-9-15(25)24(14)20/h5-8,14H,9-11H2,1-4H3,(H,21,26)/t14-,20+/m1/s1. The number of nitrogens with one attached hydrogen (secondary N) is 1. The first-order valence-corrected chi connectivity index (χ1v) is 10.4. The molecule has 0 bridgehead atoms. The van der Waals surface area contributed by atoms with Crippen LogP contribution in [0.3, 0.4) is 0 Å². The van der Waals surface area contributed by atoms with Crippen LogP contribution in [-0.4, -0.2) is 43.5 Å². The maximum Gasteiger partial charge on any atom is 0.248 e. The lowest BCUT2D eigenvalue weighted by atomic mass is 9.97. The van der Waals surface area contributed by atoms with Gasteiger partial charge in [-0.2, -0.15) is 4.98 Å². The van der Waals surface area contributed by atoms with Crippen molar-refractivity contribution in [2.75, 3.05) is 11.1 Å². The van der Waals surface area contributed by atoms with Gasteiger partial charge >= 0.3 is 0 Å². The van der Waals surface area contributed by atoms with E-state index in [0.29, 0.717) is 29.6 Å². The minimum absolute atomic E-state index is 0.0646. The van der Waals surface area contributed by atoms with E-state index in [1.807, 2.05) is 52.0 Å². The van der Waals surface area contributed by atoms with Crippen LogP contribution in [0.4, 0.5) is 5.69 Å². The Bertz CT molecular complexity index is 918. The van der Waals surface area contributed by atoms with E-state index in [4.69, 9.17) is 4.52 Å². The Balaban J connectivity index is 1.46. The molecule has 8 heteroatoms. The van der Waals surface area contributed by atoms with Crippen LogP contribution in [-0.2, 0) is 15.0 Å². The largest absolute Gasteiger partial charge is 0.338 e. The van der Waals surface area contributed by atoms with Gasteiger partial charge in [-0.05, 0) is 37.6 Å². The molecular formula is C20H24N4O3S. The van der Waals surface area contributed by atoms with Crippen LogP contribution >= 0.6 is 11.8 Å². The molecule has 2 atom stereocenters. The summed E-state index contributed by atoms with van der Waals surface area (Å²) in [4.78, 5) is 30.9. The summed E-state index contributed by atoms with van der Waals surface area (Å²) >= 11 is 1.69. The number of hydrogen-bond donors (Lipinski definition) is 1. The second kappa shape index (κ2) is 6.62. The van der Waals surface area contributed by atoms with Crippen molar-refractivity contribution in [3.05, 3.63) is 30.2 Å². The molecular weight excluding hydrogens is 376 g/mol. The van der Waals surface area contributed by atoms with Gasteiger partial charge in [0.25, 0.3) is 0 Å². The molecule has 0 aliphatic carbocycles. The zero-order valence-corrected chi connectivity index (χ0v) is 17.3. The predicted molar refractivity (Wildman–Crippen MR) is 108 cm³/mol. The highest BCUT2D eigenvalue weighted by atomic mass is 32.2. The number of amides is 2. The summed E-state index contributed by atoms with van der Waals surface area (Å²) in [6.07, 6.45) is 1.32. The summed E-state index contributed by atoms with van der Waals surface area (Å²) in [6.45, 7) is 8.09. The zero-order chi connectivity index (χ0) is 20.1. The Labute approximate surface area is 168 Å². The van der Waals surface area contributed by atoms with Gasteiger partial charge in [0.15, 0.2) is 0 Å². The molecule has 4 rings (SSSR count). The number of fused-ring (bicyclic) bond motifs is 1. The van der Waals surface area contributed by atoms with Gasteiger partial charge in [0.2, 0.25) is 23.5 Å². The molecule has 0 radical (unpaired) electrons. The van der Waals surface area contributed by atoms with Gasteiger partial charge in [0.1, 0.15) is 6.04 Å². The molecule has 148 valence electrons. The zero-order valence-electron chi connectivity index (χ0n) is 16.5. The molecule has 0 spiro atoms. The predicted octanol–water partition coefficient (Wildman–Crippen LogP) is 3.43. The van der Waals surface area contributed by atoms with E-state index in [-0.39, 0.29) is 22.1 Å². The van der Waals surface area contributed by atoms with E-state index in [0.717, 1.165) is 12.0 Å². The van der Waals surface area contributed by atoms with E-state index < -0.39 is 6.04 Å². The Hall–Kier alpha value is -2.35. The highest BCUT2D eigenvalue weighted by Crippen LogP contribution is 2.47. The molecule has 28 heavy (non-hydrogen) atoms. The molecule has 2 aromatic rings. The van der Waals surface area contributed by atoms with Gasteiger partial charge in [0, 0.05) is 28.8 Å². The third kappa shape index (κ3) is 3.30. The Morgan fingerprint density at radius 1 is 1.32 bits per heavy atom. The average molecular weight is 401 g/mol. The maximum atomic E-state index is 12.8. The normalized spacial score (nSPS) is 24.5. The number of carbonyl (C=O) groups is 2. The molecule has 7 nitrogen and oxygen atoms in total. The van der Waals surface area contributed by atoms with Crippen molar-refractivity contribution in [1.29, 1.82) is 0 Å². The number of anilines is 1. The Kier molecular flexibility index (Phi) is 4.49. The molecule has 0 saturated carbocycles. The number of carbonyl (C=O) groups excluding carboxylic acids is 2. The van der Waals surface area contributed by atoms with Crippen molar-refractivity contribution in [2.24, 2.45) is 0 Å². The molecule has 2 amide bonds. The first-order chi connectivity index (χ1) is 13.2. The van der Waals surface area contributed by atoms with Crippen molar-refractivity contribution in [1.82, 2.24) is 15.0 Å². The topological polar surface area (TPSA) is 88.3 Å². The van der Waals surface area contributed by atoms with Crippen LogP contribution < -0.4 is 5.32 Å². The highest BCUT2D eigenvalue weighted by molar-refractivity contribution is 8.01. The van der Waals surface area contributed by atoms with Gasteiger partial charge in [-0.25, -0.2) is 0 Å². The molecule has 3 heterocycles. The van der Waals surface area contributed by atoms with Crippen LogP contribution in [0.15, 0.2) is 28.8 Å². The molecule has 1 N–H and O–H groups in total. The van der Waals surface area contributed by atoms with Crippen LogP contribution in [0.5, 0.6) is 0 Å². The second-order valence-corrected chi connectivity index (χ2v) is 10.0. The lowest BCUT2D eigenvalue weighted by Crippen LogP contribution is -2.48. The lowest BCUT2D eigenvalue weighted by molar-refractivity contribution is -0.135. The maximum absolute atomic E-state index is 12.8. The van der Waals surface area contributed by atoms with Crippen LogP contribution in [0, 0.1) is 0 Å². The van der Waals surface area contributed by atoms with Crippen molar-refractivity contribution in [2.45, 2.75) is 56.9 Å². The summed E-state index contributed by atoms with van der Waals surface area (Å²) in [6, 6.07) is 6.90. The van der Waals surface area contributed by atoms with Crippen LogP contribution in [0.1, 0.15) is 46.4 Å². The molecule has 0 unspecified atom stereocenters. The molecule has 2 aliphatic heterocycles. The number of thioether (sulfide) groups is 1. The molecule has 1 aromatic heterocycles. The molecule has 2 fully saturated rings. The summed E-state index contributed by atoms with van der Waals surface area (Å²) in [5.74, 6) is 1.65. The number of nitrogens with zero attached hydrogens (tertiary/aromatic N) is 3. The first-order valence-electron chi connectivity index (χ1n) is 9.39. The quantitative estimate of drug-likeness (QED) is 0.849. The summed E-state index contributed by atoms with van der Waals surface area (Å²) in [7, 11) is 0. The minimum Gasteiger partial charge on any atom is -0.338 e. The number of hydrogen-bond acceptors (Lipinski definition) is 6. The number of aromatic nitrogens is 2. The molecule has 2 saturated heterocycles. The highest BCUT2D eigenvalue weighted by Gasteiger charge is 2.52. The van der Waals surface area contributed by atoms with Gasteiger partial charge in [-0.3, -0.25) is 9.59 Å². The number of rotatable bonds is 3. The van der Waals surface area contributed by atoms with E-state index in [9.17, 15) is 9.59 Å². The minimum atomic E-state index is -0.420. The van der Waals surface area contributed by atoms with E-state index >= 15 is 0 Å². The molecule has 2 aliphatic rings. The summed E-state index contributed by atoms with van der Waals surface area (Å²) < 4.78 is 5.33. The fourth-order valence-corrected chi connectivity index (χ4v) is 5.02. The van der Waals surface area contributed by atoms with Crippen LogP contribution in [0.25, 0.3) is 11.4 Å².